The number of hydrogen-bond donors (Lipinski definition) is 0. The molecule has 54 heavy (non-hydrogen) atoms. The minimum atomic E-state index is 0.865. The van der Waals surface area contributed by atoms with E-state index in [4.69, 9.17) is 8.83 Å². The minimum absolute atomic E-state index is 0.865. The first-order chi connectivity index (χ1) is 26.8. The lowest BCUT2D eigenvalue weighted by molar-refractivity contribution is 0.663. The molecule has 0 saturated heterocycles. The molecular formula is C52H30O2. The largest absolute Gasteiger partial charge is 0.456 e. The number of hydrogen-bond acceptors (Lipinski definition) is 2. The van der Waals surface area contributed by atoms with Gasteiger partial charge in [-0.2, -0.15) is 0 Å². The first kappa shape index (κ1) is 29.4. The van der Waals surface area contributed by atoms with E-state index in [2.05, 4.69) is 158 Å². The van der Waals surface area contributed by atoms with Crippen LogP contribution in [-0.4, -0.2) is 0 Å². The quantitative estimate of drug-likeness (QED) is 0.173. The Balaban J connectivity index is 1.12. The average Bonchev–Trinajstić information content (AvgIpc) is 3.81. The van der Waals surface area contributed by atoms with Crippen molar-refractivity contribution in [3.05, 3.63) is 182 Å². The molecule has 12 aromatic rings. The van der Waals surface area contributed by atoms with Crippen LogP contribution in [0.25, 0.3) is 120 Å². The molecule has 10 aromatic carbocycles. The van der Waals surface area contributed by atoms with Gasteiger partial charge >= 0.3 is 0 Å². The van der Waals surface area contributed by atoms with Gasteiger partial charge in [0.2, 0.25) is 0 Å². The average molecular weight is 687 g/mol. The molecule has 250 valence electrons. The van der Waals surface area contributed by atoms with E-state index in [0.29, 0.717) is 0 Å². The molecule has 0 unspecified atom stereocenters. The van der Waals surface area contributed by atoms with Gasteiger partial charge in [0, 0.05) is 21.5 Å². The van der Waals surface area contributed by atoms with Gasteiger partial charge in [-0.15, -0.1) is 0 Å². The van der Waals surface area contributed by atoms with E-state index in [0.717, 1.165) is 55.0 Å². The molecule has 2 aromatic heterocycles. The van der Waals surface area contributed by atoms with Crippen molar-refractivity contribution in [3.63, 3.8) is 0 Å². The number of para-hydroxylation sites is 1. The lowest BCUT2D eigenvalue weighted by Gasteiger charge is -2.19. The summed E-state index contributed by atoms with van der Waals surface area (Å²) in [4.78, 5) is 0. The Morgan fingerprint density at radius 3 is 1.54 bits per heavy atom. The van der Waals surface area contributed by atoms with Gasteiger partial charge < -0.3 is 8.83 Å². The van der Waals surface area contributed by atoms with Gasteiger partial charge in [0.1, 0.15) is 22.3 Å². The van der Waals surface area contributed by atoms with Crippen molar-refractivity contribution in [2.45, 2.75) is 0 Å². The van der Waals surface area contributed by atoms with Crippen LogP contribution in [0.4, 0.5) is 0 Å². The normalized spacial score (nSPS) is 12.1. The predicted molar refractivity (Wildman–Crippen MR) is 227 cm³/mol. The Bertz CT molecular complexity index is 3440. The summed E-state index contributed by atoms with van der Waals surface area (Å²) in [7, 11) is 0. The zero-order valence-electron chi connectivity index (χ0n) is 29.1. The second-order valence-electron chi connectivity index (χ2n) is 14.3. The summed E-state index contributed by atoms with van der Waals surface area (Å²) in [5, 5.41) is 14.3. The van der Waals surface area contributed by atoms with Crippen LogP contribution in [0.15, 0.2) is 191 Å². The summed E-state index contributed by atoms with van der Waals surface area (Å²) in [6, 6.07) is 65.6. The lowest BCUT2D eigenvalue weighted by atomic mass is 9.84. The maximum atomic E-state index is 6.72. The van der Waals surface area contributed by atoms with Gasteiger partial charge in [-0.25, -0.2) is 0 Å². The SMILES string of the molecule is c1cc(-c2c3ccccc3c(-c3cccc4ccccc34)c3ccccc23)cc(-c2cc3oc4ccc5oc6ccccc6c5c4c3c3ccccc23)c1. The Morgan fingerprint density at radius 1 is 0.259 bits per heavy atom. The zero-order chi connectivity index (χ0) is 35.3. The summed E-state index contributed by atoms with van der Waals surface area (Å²) in [6.07, 6.45) is 0. The summed E-state index contributed by atoms with van der Waals surface area (Å²) >= 11 is 0. The Morgan fingerprint density at radius 2 is 0.778 bits per heavy atom. The monoisotopic (exact) mass is 686 g/mol. The van der Waals surface area contributed by atoms with Crippen LogP contribution >= 0.6 is 0 Å². The van der Waals surface area contributed by atoms with Crippen LogP contribution in [0.1, 0.15) is 0 Å². The molecule has 2 nitrogen and oxygen atoms in total. The molecule has 0 atom stereocenters. The zero-order valence-corrected chi connectivity index (χ0v) is 29.1. The van der Waals surface area contributed by atoms with Gasteiger partial charge in [-0.05, 0) is 107 Å². The van der Waals surface area contributed by atoms with E-state index in [1.165, 1.54) is 65.3 Å². The fourth-order valence-electron chi connectivity index (χ4n) is 9.19. The van der Waals surface area contributed by atoms with Gasteiger partial charge in [0.25, 0.3) is 0 Å². The maximum absolute atomic E-state index is 6.72. The summed E-state index contributed by atoms with van der Waals surface area (Å²) in [6.45, 7) is 0. The molecule has 12 rings (SSSR count). The molecule has 0 aliphatic carbocycles. The number of furan rings is 2. The minimum Gasteiger partial charge on any atom is -0.456 e. The van der Waals surface area contributed by atoms with Crippen molar-refractivity contribution in [2.75, 3.05) is 0 Å². The van der Waals surface area contributed by atoms with Crippen LogP contribution in [-0.2, 0) is 0 Å². The molecular weight excluding hydrogens is 657 g/mol. The third-order valence-electron chi connectivity index (χ3n) is 11.4. The fraction of sp³-hybridized carbons (Fsp3) is 0. The number of fused-ring (bicyclic) bond motifs is 12. The van der Waals surface area contributed by atoms with E-state index in [1.807, 2.05) is 24.3 Å². The molecule has 2 heteroatoms. The fourth-order valence-corrected chi connectivity index (χ4v) is 9.19. The van der Waals surface area contributed by atoms with Gasteiger partial charge in [-0.3, -0.25) is 0 Å². The first-order valence-electron chi connectivity index (χ1n) is 18.5. The molecule has 0 bridgehead atoms. The highest BCUT2D eigenvalue weighted by Gasteiger charge is 2.21. The van der Waals surface area contributed by atoms with E-state index in [1.54, 1.807) is 0 Å². The van der Waals surface area contributed by atoms with Crippen molar-refractivity contribution in [1.82, 2.24) is 0 Å². The smallest absolute Gasteiger partial charge is 0.136 e. The third kappa shape index (κ3) is 4.11. The van der Waals surface area contributed by atoms with E-state index in [-0.39, 0.29) is 0 Å². The van der Waals surface area contributed by atoms with E-state index >= 15 is 0 Å². The summed E-state index contributed by atoms with van der Waals surface area (Å²) < 4.78 is 13.0. The molecule has 2 heterocycles. The summed E-state index contributed by atoms with van der Waals surface area (Å²) in [5.41, 5.74) is 10.8. The van der Waals surface area contributed by atoms with Crippen LogP contribution in [0.2, 0.25) is 0 Å². The molecule has 0 N–H and O–H groups in total. The van der Waals surface area contributed by atoms with Gasteiger partial charge in [0.15, 0.2) is 0 Å². The highest BCUT2D eigenvalue weighted by Crippen LogP contribution is 2.48. The molecule has 0 saturated carbocycles. The second-order valence-corrected chi connectivity index (χ2v) is 14.3. The van der Waals surface area contributed by atoms with Crippen molar-refractivity contribution < 1.29 is 8.83 Å². The van der Waals surface area contributed by atoms with Crippen LogP contribution in [0.3, 0.4) is 0 Å². The second kappa shape index (κ2) is 11.2. The van der Waals surface area contributed by atoms with Crippen molar-refractivity contribution >= 4 is 87.0 Å². The van der Waals surface area contributed by atoms with Crippen LogP contribution in [0.5, 0.6) is 0 Å². The highest BCUT2D eigenvalue weighted by atomic mass is 16.3. The highest BCUT2D eigenvalue weighted by molar-refractivity contribution is 6.32. The molecule has 0 aliphatic heterocycles. The molecule has 0 aliphatic rings. The number of rotatable bonds is 3. The maximum Gasteiger partial charge on any atom is 0.136 e. The van der Waals surface area contributed by atoms with Gasteiger partial charge in [0.05, 0.1) is 0 Å². The third-order valence-corrected chi connectivity index (χ3v) is 11.4. The molecule has 0 amide bonds. The van der Waals surface area contributed by atoms with Crippen molar-refractivity contribution in [2.24, 2.45) is 0 Å². The van der Waals surface area contributed by atoms with Crippen molar-refractivity contribution in [1.29, 1.82) is 0 Å². The van der Waals surface area contributed by atoms with Crippen molar-refractivity contribution in [3.8, 4) is 33.4 Å². The molecule has 0 radical (unpaired) electrons. The topological polar surface area (TPSA) is 26.3 Å². The standard InChI is InChI=1S/C52H30O2/c1-2-17-34-31(13-1)14-12-25-36(34)49-40-22-7-5-20-38(40)48(39-21-6-8-23-41(39)49)33-16-11-15-32(29-33)43-30-47-50(37-19-4-3-18-35(37)43)52-46(54-47)28-27-45-51(52)42-24-9-10-26-44(42)53-45/h1-30H. The predicted octanol–water partition coefficient (Wildman–Crippen LogP) is 15.1. The summed E-state index contributed by atoms with van der Waals surface area (Å²) in [5.74, 6) is 0. The van der Waals surface area contributed by atoms with Crippen LogP contribution in [0, 0.1) is 0 Å². The first-order valence-corrected chi connectivity index (χ1v) is 18.5. The van der Waals surface area contributed by atoms with E-state index in [9.17, 15) is 0 Å². The van der Waals surface area contributed by atoms with Gasteiger partial charge in [-0.1, -0.05) is 152 Å². The van der Waals surface area contributed by atoms with Crippen LogP contribution < -0.4 is 0 Å². The lowest BCUT2D eigenvalue weighted by Crippen LogP contribution is -1.92. The number of benzene rings is 10. The Kier molecular flexibility index (Phi) is 6.09. The van der Waals surface area contributed by atoms with E-state index < -0.39 is 0 Å². The molecule has 0 spiro atoms. The molecule has 0 fully saturated rings. The Hall–Kier alpha value is -7.16. The Labute approximate surface area is 310 Å².